The maximum Gasteiger partial charge on any atom is 0.165 e. The monoisotopic (exact) mass is 392 g/mol. The molecule has 0 N–H and O–H groups in total. The highest BCUT2D eigenvalue weighted by Gasteiger charge is 2.14. The predicted octanol–water partition coefficient (Wildman–Crippen LogP) is 4.94. The molecule has 2 aromatic heterocycles. The second kappa shape index (κ2) is 7.64. The van der Waals surface area contributed by atoms with Crippen LogP contribution in [0.15, 0.2) is 78.9 Å². The average molecular weight is 393 g/mol. The molecular weight excluding hydrogens is 368 g/mol. The Morgan fingerprint density at radius 3 is 2.23 bits per heavy atom. The molecule has 0 bridgehead atoms. The Hall–Kier alpha value is -3.66. The lowest BCUT2D eigenvalue weighted by Crippen LogP contribution is -2.21. The van der Waals surface area contributed by atoms with Gasteiger partial charge in [0.2, 0.25) is 0 Å². The molecule has 5 rings (SSSR count). The first-order valence-corrected chi connectivity index (χ1v) is 10.5. The number of nitrogens with zero attached hydrogens (tertiary/aromatic N) is 4. The number of imidazole rings is 2. The smallest absolute Gasteiger partial charge is 0.165 e. The van der Waals surface area contributed by atoms with Crippen LogP contribution in [0.2, 0.25) is 0 Å². The van der Waals surface area contributed by atoms with E-state index in [9.17, 15) is 0 Å². The fourth-order valence-corrected chi connectivity index (χ4v) is 4.03. The van der Waals surface area contributed by atoms with Crippen molar-refractivity contribution in [3.63, 3.8) is 0 Å². The highest BCUT2D eigenvalue weighted by Crippen LogP contribution is 2.23. The Morgan fingerprint density at radius 2 is 1.50 bits per heavy atom. The zero-order chi connectivity index (χ0) is 20.5. The Labute approximate surface area is 176 Å². The molecule has 0 saturated heterocycles. The first-order chi connectivity index (χ1) is 14.8. The summed E-state index contributed by atoms with van der Waals surface area (Å²) in [6, 6.07) is 27.2. The molecule has 0 unspecified atom stereocenters. The summed E-state index contributed by atoms with van der Waals surface area (Å²) < 4.78 is 2.17. The van der Waals surface area contributed by atoms with Gasteiger partial charge in [0.05, 0.1) is 11.0 Å². The zero-order valence-corrected chi connectivity index (χ0v) is 17.3. The van der Waals surface area contributed by atoms with E-state index in [4.69, 9.17) is 9.97 Å². The van der Waals surface area contributed by atoms with Gasteiger partial charge in [0.15, 0.2) is 5.65 Å². The van der Waals surface area contributed by atoms with Gasteiger partial charge in [-0.2, -0.15) is 0 Å². The van der Waals surface area contributed by atoms with Gasteiger partial charge in [0.1, 0.15) is 11.2 Å². The average Bonchev–Trinajstić information content (AvgIpc) is 3.34. The molecule has 0 fully saturated rings. The molecule has 0 saturated carbocycles. The second-order valence-electron chi connectivity index (χ2n) is 7.35. The van der Waals surface area contributed by atoms with Gasteiger partial charge in [0.25, 0.3) is 0 Å². The Balaban J connectivity index is 1.70. The summed E-state index contributed by atoms with van der Waals surface area (Å²) in [5.74, 6) is 0.922. The molecule has 0 aliphatic carbocycles. The minimum absolute atomic E-state index is 0.889. The Bertz CT molecular complexity index is 1350. The van der Waals surface area contributed by atoms with Crippen molar-refractivity contribution < 1.29 is 0 Å². The molecule has 4 nitrogen and oxygen atoms in total. The van der Waals surface area contributed by atoms with E-state index in [1.807, 2.05) is 30.3 Å². The van der Waals surface area contributed by atoms with Crippen molar-refractivity contribution in [3.8, 4) is 11.4 Å². The Morgan fingerprint density at radius 1 is 0.800 bits per heavy atom. The van der Waals surface area contributed by atoms with E-state index in [0.29, 0.717) is 0 Å². The first-order valence-electron chi connectivity index (χ1n) is 10.5. The molecule has 3 aromatic carbocycles. The summed E-state index contributed by atoms with van der Waals surface area (Å²) in [6.07, 6.45) is 2.12. The summed E-state index contributed by atoms with van der Waals surface area (Å²) in [6.45, 7) is 6.38. The molecule has 30 heavy (non-hydrogen) atoms. The molecule has 0 aliphatic heterocycles. The number of fused-ring (bicyclic) bond motifs is 3. The van der Waals surface area contributed by atoms with Crippen molar-refractivity contribution in [1.82, 2.24) is 14.4 Å². The molecule has 148 valence electrons. The third-order valence-corrected chi connectivity index (χ3v) is 5.59. The quantitative estimate of drug-likeness (QED) is 0.425. The highest BCUT2D eigenvalue weighted by atomic mass is 15.1. The lowest BCUT2D eigenvalue weighted by Gasteiger charge is -2.20. The minimum atomic E-state index is 0.889. The number of benzene rings is 3. The van der Waals surface area contributed by atoms with Gasteiger partial charge in [-0.1, -0.05) is 54.6 Å². The number of hydrogen-bond donors (Lipinski definition) is 0. The molecule has 2 heterocycles. The standard InChI is InChI=1S/C26H24N4/c1-3-29(4-2)21-16-14-19(15-17-21)18-23-26-27-22-12-8-9-13-24(22)30(26)25(28-23)20-10-6-5-7-11-20/h5-18H,3-4H2,1-2H3. The van der Waals surface area contributed by atoms with Crippen molar-refractivity contribution in [2.24, 2.45) is 0 Å². The van der Waals surface area contributed by atoms with Crippen molar-refractivity contribution in [2.45, 2.75) is 13.8 Å². The van der Waals surface area contributed by atoms with Crippen LogP contribution >= 0.6 is 0 Å². The fraction of sp³-hybridized carbons (Fsp3) is 0.154. The van der Waals surface area contributed by atoms with Crippen molar-refractivity contribution in [3.05, 3.63) is 89.8 Å². The molecule has 0 aliphatic rings. The van der Waals surface area contributed by atoms with Gasteiger partial charge in [-0.05, 0) is 49.8 Å². The Kier molecular flexibility index (Phi) is 4.68. The molecule has 0 atom stereocenters. The van der Waals surface area contributed by atoms with Crippen molar-refractivity contribution in [1.29, 1.82) is 0 Å². The third-order valence-electron chi connectivity index (χ3n) is 5.59. The predicted molar refractivity (Wildman–Crippen MR) is 125 cm³/mol. The normalized spacial score (nSPS) is 12.1. The van der Waals surface area contributed by atoms with Crippen LogP contribution in [0.3, 0.4) is 0 Å². The molecular formula is C26H24N4. The van der Waals surface area contributed by atoms with Crippen LogP contribution < -0.4 is 10.2 Å². The van der Waals surface area contributed by atoms with Gasteiger partial charge in [0, 0.05) is 24.3 Å². The largest absolute Gasteiger partial charge is 0.372 e. The van der Waals surface area contributed by atoms with E-state index >= 15 is 0 Å². The van der Waals surface area contributed by atoms with Crippen molar-refractivity contribution in [2.75, 3.05) is 18.0 Å². The maximum absolute atomic E-state index is 4.99. The molecule has 4 heteroatoms. The van der Waals surface area contributed by atoms with Crippen LogP contribution in [0.1, 0.15) is 19.4 Å². The van der Waals surface area contributed by atoms with Gasteiger partial charge in [-0.15, -0.1) is 0 Å². The van der Waals surface area contributed by atoms with Gasteiger partial charge < -0.3 is 4.90 Å². The van der Waals surface area contributed by atoms with Crippen LogP contribution in [0.4, 0.5) is 5.69 Å². The number of para-hydroxylation sites is 2. The van der Waals surface area contributed by atoms with E-state index < -0.39 is 0 Å². The van der Waals surface area contributed by atoms with Crippen molar-refractivity contribution >= 4 is 28.4 Å². The summed E-state index contributed by atoms with van der Waals surface area (Å²) in [7, 11) is 0. The van der Waals surface area contributed by atoms with E-state index in [1.165, 1.54) is 5.69 Å². The van der Waals surface area contributed by atoms with Crippen LogP contribution in [0.25, 0.3) is 34.1 Å². The molecule has 5 aromatic rings. The third kappa shape index (κ3) is 3.11. The number of aromatic nitrogens is 3. The number of rotatable bonds is 5. The van der Waals surface area contributed by atoms with E-state index in [1.54, 1.807) is 0 Å². The molecule has 0 radical (unpaired) electrons. The fourth-order valence-electron chi connectivity index (χ4n) is 4.03. The van der Waals surface area contributed by atoms with Gasteiger partial charge >= 0.3 is 0 Å². The number of anilines is 1. The van der Waals surface area contributed by atoms with Gasteiger partial charge in [-0.3, -0.25) is 4.40 Å². The van der Waals surface area contributed by atoms with E-state index in [0.717, 1.165) is 52.1 Å². The van der Waals surface area contributed by atoms with E-state index in [2.05, 4.69) is 77.8 Å². The maximum atomic E-state index is 4.99. The topological polar surface area (TPSA) is 33.4 Å². The van der Waals surface area contributed by atoms with Crippen LogP contribution in [0, 0.1) is 0 Å². The first kappa shape index (κ1) is 18.4. The summed E-state index contributed by atoms with van der Waals surface area (Å²) >= 11 is 0. The van der Waals surface area contributed by atoms with E-state index in [-0.39, 0.29) is 0 Å². The lowest BCUT2D eigenvalue weighted by atomic mass is 10.2. The SMILES string of the molecule is CCN(CC)c1ccc(C=c2nc(-c3ccccc3)n3c2nc2ccccc23)cc1. The second-order valence-corrected chi connectivity index (χ2v) is 7.35. The minimum Gasteiger partial charge on any atom is -0.372 e. The van der Waals surface area contributed by atoms with Crippen LogP contribution in [0.5, 0.6) is 0 Å². The zero-order valence-electron chi connectivity index (χ0n) is 17.3. The van der Waals surface area contributed by atoms with Gasteiger partial charge in [-0.25, -0.2) is 9.97 Å². The highest BCUT2D eigenvalue weighted by molar-refractivity contribution is 5.84. The summed E-state index contributed by atoms with van der Waals surface area (Å²) in [4.78, 5) is 12.2. The van der Waals surface area contributed by atoms with Crippen LogP contribution in [-0.4, -0.2) is 27.5 Å². The summed E-state index contributed by atoms with van der Waals surface area (Å²) in [5.41, 5.74) is 6.41. The lowest BCUT2D eigenvalue weighted by molar-refractivity contribution is 0.866. The summed E-state index contributed by atoms with van der Waals surface area (Å²) in [5, 5.41) is 0.889. The molecule has 0 spiro atoms. The molecule has 0 amide bonds. The number of hydrogen-bond acceptors (Lipinski definition) is 3. The van der Waals surface area contributed by atoms with Crippen LogP contribution in [-0.2, 0) is 0 Å².